The van der Waals surface area contributed by atoms with Crippen LogP contribution in [0.4, 0.5) is 27.4 Å². The van der Waals surface area contributed by atoms with E-state index in [0.29, 0.717) is 60.7 Å². The number of halogens is 1. The van der Waals surface area contributed by atoms with Crippen molar-refractivity contribution in [2.75, 3.05) is 43.6 Å². The van der Waals surface area contributed by atoms with E-state index in [9.17, 15) is 19.3 Å². The zero-order chi connectivity index (χ0) is 25.9. The average Bonchev–Trinajstić information content (AvgIpc) is 3.60. The predicted molar refractivity (Wildman–Crippen MR) is 130 cm³/mol. The highest BCUT2D eigenvalue weighted by Gasteiger charge is 2.25. The summed E-state index contributed by atoms with van der Waals surface area (Å²) in [4.78, 5) is 33.1. The fourth-order valence-corrected chi connectivity index (χ4v) is 4.09. The van der Waals surface area contributed by atoms with Crippen molar-refractivity contribution in [2.45, 2.75) is 0 Å². The molecule has 37 heavy (non-hydrogen) atoms. The van der Waals surface area contributed by atoms with E-state index in [4.69, 9.17) is 13.9 Å². The first-order chi connectivity index (χ1) is 18.0. The van der Waals surface area contributed by atoms with E-state index in [1.807, 2.05) is 4.90 Å². The first-order valence-electron chi connectivity index (χ1n) is 11.2. The molecule has 13 heteroatoms. The van der Waals surface area contributed by atoms with Crippen molar-refractivity contribution in [3.63, 3.8) is 0 Å². The number of nitro groups is 1. The first-order valence-corrected chi connectivity index (χ1v) is 11.2. The highest BCUT2D eigenvalue weighted by molar-refractivity contribution is 5.87. The van der Waals surface area contributed by atoms with Crippen LogP contribution in [-0.2, 0) is 4.74 Å². The number of furan rings is 1. The van der Waals surface area contributed by atoms with Gasteiger partial charge in [-0.3, -0.25) is 14.9 Å². The smallest absolute Gasteiger partial charge is 0.294 e. The Kier molecular flexibility index (Phi) is 6.51. The minimum Gasteiger partial charge on any atom is -0.494 e. The molecule has 1 aliphatic heterocycles. The molecule has 1 fully saturated rings. The molecule has 1 saturated heterocycles. The Bertz CT molecular complexity index is 1450. The Hall–Kier alpha value is -4.78. The molecule has 190 valence electrons. The molecule has 0 saturated carbocycles. The molecule has 1 aliphatic rings. The number of aromatic nitrogens is 3. The van der Waals surface area contributed by atoms with Crippen LogP contribution in [0.2, 0.25) is 0 Å². The molecule has 5 rings (SSSR count). The van der Waals surface area contributed by atoms with Crippen LogP contribution in [0.3, 0.4) is 0 Å². The van der Waals surface area contributed by atoms with Gasteiger partial charge in [-0.05, 0) is 6.07 Å². The number of morpholine rings is 1. The fraction of sp³-hybridized carbons (Fsp3) is 0.208. The summed E-state index contributed by atoms with van der Waals surface area (Å²) in [6.45, 7) is 1.92. The van der Waals surface area contributed by atoms with E-state index in [1.54, 1.807) is 18.3 Å². The lowest BCUT2D eigenvalue weighted by Gasteiger charge is -2.29. The summed E-state index contributed by atoms with van der Waals surface area (Å²) in [6.07, 6.45) is 7.53. The van der Waals surface area contributed by atoms with Crippen LogP contribution in [0.1, 0.15) is 10.4 Å². The Morgan fingerprint density at radius 1 is 1.27 bits per heavy atom. The molecule has 0 atom stereocenters. The molecule has 1 N–H and O–H groups in total. The summed E-state index contributed by atoms with van der Waals surface area (Å²) in [5, 5.41) is 14.8. The van der Waals surface area contributed by atoms with Crippen molar-refractivity contribution in [3.05, 3.63) is 70.8 Å². The Morgan fingerprint density at radius 2 is 2.08 bits per heavy atom. The molecular formula is C24H21FN6O6. The molecule has 3 aromatic heterocycles. The van der Waals surface area contributed by atoms with E-state index in [1.165, 1.54) is 36.5 Å². The zero-order valence-corrected chi connectivity index (χ0v) is 19.6. The number of methoxy groups -OCH3 is 1. The maximum Gasteiger partial charge on any atom is 0.294 e. The van der Waals surface area contributed by atoms with E-state index in [0.717, 1.165) is 6.20 Å². The number of carbonyl (C=O) groups is 1. The van der Waals surface area contributed by atoms with Gasteiger partial charge in [0.2, 0.25) is 5.95 Å². The molecule has 1 aromatic carbocycles. The Morgan fingerprint density at radius 3 is 2.76 bits per heavy atom. The molecule has 4 aromatic rings. The minimum absolute atomic E-state index is 0.0330. The lowest BCUT2D eigenvalue weighted by molar-refractivity contribution is -0.384. The number of hydrogen-bond donors (Lipinski definition) is 1. The summed E-state index contributed by atoms with van der Waals surface area (Å²) < 4.78 is 32.0. The van der Waals surface area contributed by atoms with E-state index in [-0.39, 0.29) is 23.1 Å². The van der Waals surface area contributed by atoms with Crippen LogP contribution in [0.25, 0.3) is 16.9 Å². The van der Waals surface area contributed by atoms with Crippen molar-refractivity contribution in [2.24, 2.45) is 0 Å². The molecule has 0 bridgehead atoms. The van der Waals surface area contributed by atoms with Gasteiger partial charge in [0.15, 0.2) is 17.9 Å². The number of benzene rings is 1. The van der Waals surface area contributed by atoms with E-state index in [2.05, 4.69) is 15.3 Å². The predicted octanol–water partition coefficient (Wildman–Crippen LogP) is 3.98. The molecule has 12 nitrogen and oxygen atoms in total. The third-order valence-electron chi connectivity index (χ3n) is 5.88. The number of ether oxygens (including phenoxy) is 2. The second-order valence-corrected chi connectivity index (χ2v) is 8.05. The summed E-state index contributed by atoms with van der Waals surface area (Å²) in [5.41, 5.74) is 1.97. The van der Waals surface area contributed by atoms with E-state index < -0.39 is 10.7 Å². The Balaban J connectivity index is 1.51. The van der Waals surface area contributed by atoms with Gasteiger partial charge < -0.3 is 28.7 Å². The monoisotopic (exact) mass is 508 g/mol. The van der Waals surface area contributed by atoms with Gasteiger partial charge in [0.1, 0.15) is 11.4 Å². The van der Waals surface area contributed by atoms with Crippen LogP contribution in [0.5, 0.6) is 5.75 Å². The number of nitro benzene ring substituents is 1. The summed E-state index contributed by atoms with van der Waals surface area (Å²) in [5.74, 6) is -0.589. The summed E-state index contributed by atoms with van der Waals surface area (Å²) in [6, 6.07) is 4.57. The van der Waals surface area contributed by atoms with Gasteiger partial charge in [-0.25, -0.2) is 9.37 Å². The van der Waals surface area contributed by atoms with Gasteiger partial charge in [0, 0.05) is 54.3 Å². The lowest BCUT2D eigenvalue weighted by atomic mass is 10.1. The summed E-state index contributed by atoms with van der Waals surface area (Å²) >= 11 is 0. The maximum absolute atomic E-state index is 14.7. The van der Waals surface area contributed by atoms with Gasteiger partial charge in [0.05, 0.1) is 49.7 Å². The van der Waals surface area contributed by atoms with Gasteiger partial charge >= 0.3 is 0 Å². The molecule has 0 aliphatic carbocycles. The summed E-state index contributed by atoms with van der Waals surface area (Å²) in [7, 11) is 1.44. The molecular weight excluding hydrogens is 487 g/mol. The van der Waals surface area contributed by atoms with Crippen LogP contribution in [-0.4, -0.2) is 59.2 Å². The van der Waals surface area contributed by atoms with Gasteiger partial charge in [-0.1, -0.05) is 0 Å². The number of carbonyl (C=O) groups excluding carboxylic acids is 1. The third kappa shape index (κ3) is 4.71. The number of nitrogens with zero attached hydrogens (tertiary/aromatic N) is 5. The SMILES string of the molecule is COc1cc(N2CCOCC2)c([N+](=O)[O-])cc1Nc1ncc(F)c(-n2cc(C=O)c(-c3ccoc3)c2)n1. The normalized spacial score (nSPS) is 13.4. The number of hydrogen-bond acceptors (Lipinski definition) is 10. The lowest BCUT2D eigenvalue weighted by Crippen LogP contribution is -2.36. The number of aldehydes is 1. The van der Waals surface area contributed by atoms with Crippen molar-refractivity contribution in [1.82, 2.24) is 14.5 Å². The van der Waals surface area contributed by atoms with Crippen LogP contribution in [0, 0.1) is 15.9 Å². The maximum atomic E-state index is 14.7. The van der Waals surface area contributed by atoms with Crippen molar-refractivity contribution in [3.8, 4) is 22.7 Å². The number of rotatable bonds is 8. The van der Waals surface area contributed by atoms with Crippen LogP contribution >= 0.6 is 0 Å². The topological polar surface area (TPSA) is 138 Å². The molecule has 0 radical (unpaired) electrons. The van der Waals surface area contributed by atoms with Gasteiger partial charge in [-0.15, -0.1) is 0 Å². The fourth-order valence-electron chi connectivity index (χ4n) is 4.09. The second-order valence-electron chi connectivity index (χ2n) is 8.05. The van der Waals surface area contributed by atoms with Crippen LogP contribution in [0.15, 0.2) is 53.7 Å². The van der Waals surface area contributed by atoms with Crippen LogP contribution < -0.4 is 15.0 Å². The third-order valence-corrected chi connectivity index (χ3v) is 5.88. The standard InChI is InChI=1S/C24H21FN6O6/c1-35-22-9-20(29-3-6-36-7-4-29)21(31(33)34)8-19(22)27-24-26-10-18(25)23(28-24)30-11-16(13-32)17(12-30)15-2-5-37-14-15/h2,5,8-14H,3-4,6-7H2,1H3,(H,26,27,28). The van der Waals surface area contributed by atoms with Gasteiger partial charge in [0.25, 0.3) is 5.69 Å². The number of anilines is 3. The largest absolute Gasteiger partial charge is 0.494 e. The van der Waals surface area contributed by atoms with Crippen molar-refractivity contribution < 1.29 is 28.0 Å². The average molecular weight is 508 g/mol. The quantitative estimate of drug-likeness (QED) is 0.211. The highest BCUT2D eigenvalue weighted by Crippen LogP contribution is 2.39. The second kappa shape index (κ2) is 10.1. The molecule has 0 spiro atoms. The van der Waals surface area contributed by atoms with E-state index >= 15 is 0 Å². The first kappa shape index (κ1) is 23.9. The molecule has 4 heterocycles. The molecule has 0 unspecified atom stereocenters. The number of nitrogens with one attached hydrogen (secondary N) is 1. The molecule has 0 amide bonds. The highest BCUT2D eigenvalue weighted by atomic mass is 19.1. The zero-order valence-electron chi connectivity index (χ0n) is 19.6. The van der Waals surface area contributed by atoms with Gasteiger partial charge in [-0.2, -0.15) is 4.98 Å². The van der Waals surface area contributed by atoms with Crippen molar-refractivity contribution >= 4 is 29.3 Å². The Labute approximate surface area is 209 Å². The minimum atomic E-state index is -0.739. The van der Waals surface area contributed by atoms with Crippen molar-refractivity contribution in [1.29, 1.82) is 0 Å².